The second kappa shape index (κ2) is 7.14. The number of anilines is 1. The van der Waals surface area contributed by atoms with Crippen LogP contribution >= 0.6 is 0 Å². The molecular formula is C19H17F3N2O4. The fourth-order valence-electron chi connectivity index (χ4n) is 3.04. The molecule has 0 spiro atoms. The number of hydrogen-bond acceptors (Lipinski definition) is 4. The van der Waals surface area contributed by atoms with Gasteiger partial charge in [0.05, 0.1) is 17.3 Å². The Balaban J connectivity index is 1.98. The number of likely N-dealkylation sites (N-methyl/N-ethyl adjacent to an activating group) is 1. The summed E-state index contributed by atoms with van der Waals surface area (Å²) in [7, 11) is 0. The van der Waals surface area contributed by atoms with Crippen molar-refractivity contribution < 1.29 is 27.5 Å². The molecule has 148 valence electrons. The van der Waals surface area contributed by atoms with Crippen LogP contribution in [0.4, 0.5) is 18.9 Å². The first-order valence-corrected chi connectivity index (χ1v) is 8.54. The molecule has 0 aliphatic carbocycles. The summed E-state index contributed by atoms with van der Waals surface area (Å²) in [6.45, 7) is 3.38. The molecule has 1 amide bonds. The maximum absolute atomic E-state index is 12.9. The molecule has 0 saturated heterocycles. The van der Waals surface area contributed by atoms with Crippen molar-refractivity contribution >= 4 is 17.4 Å². The Morgan fingerprint density at radius 2 is 1.93 bits per heavy atom. The number of alkyl halides is 3. The highest BCUT2D eigenvalue weighted by molar-refractivity contribution is 6.03. The summed E-state index contributed by atoms with van der Waals surface area (Å²) in [5.74, 6) is -0.387. The maximum atomic E-state index is 12.9. The van der Waals surface area contributed by atoms with Crippen LogP contribution in [0, 0.1) is 0 Å². The lowest BCUT2D eigenvalue weighted by Gasteiger charge is -2.29. The normalized spacial score (nSPS) is 15.0. The number of pyridine rings is 1. The molecule has 0 fully saturated rings. The average molecular weight is 394 g/mol. The van der Waals surface area contributed by atoms with Crippen LogP contribution in [0.15, 0.2) is 41.3 Å². The van der Waals surface area contributed by atoms with Gasteiger partial charge >= 0.3 is 6.18 Å². The first-order valence-electron chi connectivity index (χ1n) is 8.54. The number of rotatable bonds is 4. The predicted molar refractivity (Wildman–Crippen MR) is 94.7 cm³/mol. The first-order chi connectivity index (χ1) is 13.1. The number of ether oxygens (including phenoxy) is 1. The molecule has 0 N–H and O–H groups in total. The van der Waals surface area contributed by atoms with E-state index in [0.29, 0.717) is 30.2 Å². The van der Waals surface area contributed by atoms with Crippen LogP contribution in [-0.4, -0.2) is 29.4 Å². The Bertz CT molecular complexity index is 997. The third-order valence-electron chi connectivity index (χ3n) is 4.56. The number of aromatic nitrogens is 1. The summed E-state index contributed by atoms with van der Waals surface area (Å²) in [5, 5.41) is 0. The highest BCUT2D eigenvalue weighted by atomic mass is 19.4. The van der Waals surface area contributed by atoms with E-state index in [9.17, 15) is 27.6 Å². The zero-order chi connectivity index (χ0) is 20.6. The molecule has 0 saturated carbocycles. The van der Waals surface area contributed by atoms with Gasteiger partial charge in [-0.1, -0.05) is 0 Å². The SMILES string of the molecule is CCN1C(=O)COc2ccc(C(=O)C(C)n3cc(C(F)(F)F)ccc3=O)cc21. The number of benzene rings is 1. The minimum absolute atomic E-state index is 0.107. The van der Waals surface area contributed by atoms with E-state index < -0.39 is 29.1 Å². The predicted octanol–water partition coefficient (Wildman–Crippen LogP) is 3.06. The van der Waals surface area contributed by atoms with Crippen molar-refractivity contribution in [1.82, 2.24) is 4.57 Å². The van der Waals surface area contributed by atoms with Gasteiger partial charge in [-0.2, -0.15) is 13.2 Å². The van der Waals surface area contributed by atoms with Gasteiger partial charge in [-0.15, -0.1) is 0 Å². The smallest absolute Gasteiger partial charge is 0.417 e. The van der Waals surface area contributed by atoms with E-state index in [2.05, 4.69) is 0 Å². The van der Waals surface area contributed by atoms with Gasteiger partial charge < -0.3 is 14.2 Å². The number of nitrogens with zero attached hydrogens (tertiary/aromatic N) is 2. The van der Waals surface area contributed by atoms with Crippen molar-refractivity contribution in [3.05, 3.63) is 58.0 Å². The van der Waals surface area contributed by atoms with Crippen LogP contribution in [0.5, 0.6) is 5.75 Å². The van der Waals surface area contributed by atoms with Gasteiger partial charge in [0.15, 0.2) is 12.4 Å². The standard InChI is InChI=1S/C19H17F3N2O4/c1-3-23-14-8-12(4-6-15(14)28-10-17(23)26)18(27)11(2)24-9-13(19(20,21)22)5-7-16(24)25/h4-9,11H,3,10H2,1-2H3. The van der Waals surface area contributed by atoms with Gasteiger partial charge in [0, 0.05) is 24.4 Å². The number of ketones is 1. The third-order valence-corrected chi connectivity index (χ3v) is 4.56. The molecule has 1 aliphatic rings. The monoisotopic (exact) mass is 394 g/mol. The maximum Gasteiger partial charge on any atom is 0.417 e. The highest BCUT2D eigenvalue weighted by Crippen LogP contribution is 2.34. The van der Waals surface area contributed by atoms with E-state index in [-0.39, 0.29) is 18.1 Å². The number of halogens is 3. The van der Waals surface area contributed by atoms with E-state index in [1.165, 1.54) is 30.0 Å². The molecular weight excluding hydrogens is 377 g/mol. The van der Waals surface area contributed by atoms with Crippen LogP contribution in [0.25, 0.3) is 0 Å². The molecule has 6 nitrogen and oxygen atoms in total. The van der Waals surface area contributed by atoms with Crippen LogP contribution in [-0.2, 0) is 11.0 Å². The molecule has 1 aromatic carbocycles. The Hall–Kier alpha value is -3.10. The lowest BCUT2D eigenvalue weighted by molar-refractivity contribution is -0.138. The summed E-state index contributed by atoms with van der Waals surface area (Å²) in [6.07, 6.45) is -4.00. The van der Waals surface area contributed by atoms with Crippen LogP contribution in [0.2, 0.25) is 0 Å². The molecule has 28 heavy (non-hydrogen) atoms. The Labute approximate surface area is 158 Å². The lowest BCUT2D eigenvalue weighted by Crippen LogP contribution is -2.38. The summed E-state index contributed by atoms with van der Waals surface area (Å²) in [4.78, 5) is 38.3. The van der Waals surface area contributed by atoms with Gasteiger partial charge in [-0.25, -0.2) is 0 Å². The molecule has 2 heterocycles. The van der Waals surface area contributed by atoms with Gasteiger partial charge in [-0.05, 0) is 38.1 Å². The third kappa shape index (κ3) is 3.51. The topological polar surface area (TPSA) is 68.6 Å². The van der Waals surface area contributed by atoms with Crippen molar-refractivity contribution in [1.29, 1.82) is 0 Å². The number of Topliss-reactive ketones (excluding diaryl/α,β-unsaturated/α-hetero) is 1. The Morgan fingerprint density at radius 3 is 2.57 bits per heavy atom. The molecule has 1 aromatic heterocycles. The number of amides is 1. The molecule has 1 unspecified atom stereocenters. The van der Waals surface area contributed by atoms with E-state index in [0.717, 1.165) is 10.6 Å². The summed E-state index contributed by atoms with van der Waals surface area (Å²) in [5.41, 5.74) is -1.17. The second-order valence-electron chi connectivity index (χ2n) is 6.31. The molecule has 9 heteroatoms. The highest BCUT2D eigenvalue weighted by Gasteiger charge is 2.32. The minimum atomic E-state index is -4.64. The van der Waals surface area contributed by atoms with Crippen molar-refractivity contribution in [2.45, 2.75) is 26.1 Å². The zero-order valence-corrected chi connectivity index (χ0v) is 15.1. The Morgan fingerprint density at radius 1 is 1.21 bits per heavy atom. The van der Waals surface area contributed by atoms with E-state index >= 15 is 0 Å². The van der Waals surface area contributed by atoms with Crippen LogP contribution < -0.4 is 15.2 Å². The Kier molecular flexibility index (Phi) is 5.01. The van der Waals surface area contributed by atoms with Gasteiger partial charge in [0.25, 0.3) is 11.5 Å². The fraction of sp³-hybridized carbons (Fsp3) is 0.316. The van der Waals surface area contributed by atoms with E-state index in [1.807, 2.05) is 0 Å². The average Bonchev–Trinajstić information content (AvgIpc) is 2.65. The number of carbonyl (C=O) groups is 2. The summed E-state index contributed by atoms with van der Waals surface area (Å²) in [6, 6.07) is 4.73. The quantitative estimate of drug-likeness (QED) is 0.748. The summed E-state index contributed by atoms with van der Waals surface area (Å²) >= 11 is 0. The lowest BCUT2D eigenvalue weighted by atomic mass is 10.0. The molecule has 1 aliphatic heterocycles. The minimum Gasteiger partial charge on any atom is -0.482 e. The van der Waals surface area contributed by atoms with Crippen LogP contribution in [0.1, 0.15) is 35.8 Å². The largest absolute Gasteiger partial charge is 0.482 e. The number of carbonyl (C=O) groups excluding carboxylic acids is 2. The molecule has 0 bridgehead atoms. The molecule has 0 radical (unpaired) electrons. The fourth-order valence-corrected chi connectivity index (χ4v) is 3.04. The van der Waals surface area contributed by atoms with Crippen molar-refractivity contribution in [3.8, 4) is 5.75 Å². The van der Waals surface area contributed by atoms with E-state index in [4.69, 9.17) is 4.74 Å². The number of fused-ring (bicyclic) bond motifs is 1. The molecule has 2 aromatic rings. The zero-order valence-electron chi connectivity index (χ0n) is 15.1. The summed E-state index contributed by atoms with van der Waals surface area (Å²) < 4.78 is 44.9. The van der Waals surface area contributed by atoms with Gasteiger partial charge in [0.1, 0.15) is 5.75 Å². The van der Waals surface area contributed by atoms with Gasteiger partial charge in [0.2, 0.25) is 0 Å². The van der Waals surface area contributed by atoms with E-state index in [1.54, 1.807) is 6.92 Å². The van der Waals surface area contributed by atoms with Crippen molar-refractivity contribution in [3.63, 3.8) is 0 Å². The number of hydrogen-bond donors (Lipinski definition) is 0. The first kappa shape index (κ1) is 19.7. The molecule has 1 atom stereocenters. The molecule has 3 rings (SSSR count). The van der Waals surface area contributed by atoms with Crippen molar-refractivity contribution in [2.75, 3.05) is 18.1 Å². The van der Waals surface area contributed by atoms with Crippen LogP contribution in [0.3, 0.4) is 0 Å². The van der Waals surface area contributed by atoms with Gasteiger partial charge in [-0.3, -0.25) is 14.4 Å². The van der Waals surface area contributed by atoms with Crippen molar-refractivity contribution in [2.24, 2.45) is 0 Å². The second-order valence-corrected chi connectivity index (χ2v) is 6.31.